The van der Waals surface area contributed by atoms with Gasteiger partial charge in [0.05, 0.1) is 6.04 Å². The smallest absolute Gasteiger partial charge is 0.246 e. The number of piperidine rings is 1. The molecular weight excluding hydrogens is 364 g/mol. The van der Waals surface area contributed by atoms with Crippen molar-refractivity contribution in [1.82, 2.24) is 10.2 Å². The van der Waals surface area contributed by atoms with Crippen LogP contribution in [-0.4, -0.2) is 42.1 Å². The first-order chi connectivity index (χ1) is 14.2. The Balaban J connectivity index is 1.46. The van der Waals surface area contributed by atoms with E-state index in [0.29, 0.717) is 32.4 Å². The summed E-state index contributed by atoms with van der Waals surface area (Å²) in [4.78, 5) is 38.1. The summed E-state index contributed by atoms with van der Waals surface area (Å²) in [5.74, 6) is -0.317. The van der Waals surface area contributed by atoms with Gasteiger partial charge in [-0.2, -0.15) is 0 Å². The molecule has 3 rings (SSSR count). The highest BCUT2D eigenvalue weighted by Gasteiger charge is 2.27. The fraction of sp³-hybridized carbons (Fsp3) is 0.292. The van der Waals surface area contributed by atoms with Gasteiger partial charge in [-0.15, -0.1) is 0 Å². The van der Waals surface area contributed by atoms with Crippen molar-refractivity contribution in [2.24, 2.45) is 5.92 Å². The molecule has 0 aliphatic carbocycles. The maximum atomic E-state index is 12.6. The first-order valence-electron chi connectivity index (χ1n) is 9.97. The molecule has 1 aliphatic rings. The van der Waals surface area contributed by atoms with Gasteiger partial charge < -0.3 is 15.0 Å². The van der Waals surface area contributed by atoms with Crippen LogP contribution in [0.2, 0.25) is 0 Å². The number of amides is 2. The minimum Gasteiger partial charge on any atom is -0.346 e. The third-order valence-corrected chi connectivity index (χ3v) is 5.19. The molecule has 1 aliphatic heterocycles. The summed E-state index contributed by atoms with van der Waals surface area (Å²) >= 11 is 0. The predicted molar refractivity (Wildman–Crippen MR) is 113 cm³/mol. The number of carbonyl (C=O) groups excluding carboxylic acids is 3. The summed E-state index contributed by atoms with van der Waals surface area (Å²) < 4.78 is 0. The van der Waals surface area contributed by atoms with Gasteiger partial charge >= 0.3 is 0 Å². The van der Waals surface area contributed by atoms with Crippen molar-refractivity contribution in [3.63, 3.8) is 0 Å². The molecule has 0 spiro atoms. The van der Waals surface area contributed by atoms with E-state index in [0.717, 1.165) is 17.4 Å². The molecule has 1 N–H and O–H groups in total. The molecule has 0 radical (unpaired) electrons. The molecule has 1 heterocycles. The van der Waals surface area contributed by atoms with Crippen molar-refractivity contribution in [2.45, 2.75) is 25.3 Å². The summed E-state index contributed by atoms with van der Waals surface area (Å²) in [6.07, 6.45) is 5.87. The predicted octanol–water partition coefficient (Wildman–Crippen LogP) is 2.86. The van der Waals surface area contributed by atoms with Crippen molar-refractivity contribution >= 4 is 24.2 Å². The second-order valence-electron chi connectivity index (χ2n) is 7.28. The summed E-state index contributed by atoms with van der Waals surface area (Å²) in [6.45, 7) is 1.08. The molecule has 0 aromatic heterocycles. The zero-order valence-electron chi connectivity index (χ0n) is 16.4. The zero-order valence-corrected chi connectivity index (χ0v) is 16.4. The highest BCUT2D eigenvalue weighted by Crippen LogP contribution is 2.18. The standard InChI is InChI=1S/C24H26N2O3/c27-18-22(17-20-9-5-2-6-10-20)25-24(29)21-13-15-26(16-14-21)23(28)12-11-19-7-3-1-4-8-19/h1-12,18,21-22H,13-17H2,(H,25,29)/b12-11+/t22-/m0/s1. The van der Waals surface area contributed by atoms with Crippen molar-refractivity contribution < 1.29 is 14.4 Å². The topological polar surface area (TPSA) is 66.5 Å². The Morgan fingerprint density at radius 2 is 1.62 bits per heavy atom. The third-order valence-electron chi connectivity index (χ3n) is 5.19. The Bertz CT molecular complexity index is 841. The molecule has 1 fully saturated rings. The average molecular weight is 390 g/mol. The highest BCUT2D eigenvalue weighted by molar-refractivity contribution is 5.92. The van der Waals surface area contributed by atoms with Gasteiger partial charge in [0.15, 0.2) is 0 Å². The van der Waals surface area contributed by atoms with Gasteiger partial charge in [0, 0.05) is 25.1 Å². The van der Waals surface area contributed by atoms with Crippen molar-refractivity contribution in [3.8, 4) is 0 Å². The summed E-state index contributed by atoms with van der Waals surface area (Å²) in [5.41, 5.74) is 1.99. The SMILES string of the molecule is O=C[C@H](Cc1ccccc1)NC(=O)C1CCN(C(=O)/C=C/c2ccccc2)CC1. The molecule has 2 aromatic rings. The molecule has 1 saturated heterocycles. The van der Waals surface area contributed by atoms with Crippen LogP contribution < -0.4 is 5.32 Å². The first-order valence-corrected chi connectivity index (χ1v) is 9.97. The van der Waals surface area contributed by atoms with E-state index in [-0.39, 0.29) is 17.7 Å². The number of hydrogen-bond acceptors (Lipinski definition) is 3. The molecule has 1 atom stereocenters. The van der Waals surface area contributed by atoms with Gasteiger partial charge in [0.1, 0.15) is 6.29 Å². The Labute approximate surface area is 171 Å². The summed E-state index contributed by atoms with van der Waals surface area (Å²) in [5, 5.41) is 2.85. The van der Waals surface area contributed by atoms with E-state index in [1.54, 1.807) is 17.1 Å². The Kier molecular flexibility index (Phi) is 7.34. The van der Waals surface area contributed by atoms with Gasteiger partial charge in [0.2, 0.25) is 11.8 Å². The van der Waals surface area contributed by atoms with E-state index < -0.39 is 6.04 Å². The lowest BCUT2D eigenvalue weighted by Crippen LogP contribution is -2.46. The molecule has 0 saturated carbocycles. The number of nitrogens with one attached hydrogen (secondary N) is 1. The number of aldehydes is 1. The third kappa shape index (κ3) is 6.14. The number of nitrogens with zero attached hydrogens (tertiary/aromatic N) is 1. The number of benzene rings is 2. The van der Waals surface area contributed by atoms with Crippen LogP contribution in [0, 0.1) is 5.92 Å². The fourth-order valence-corrected chi connectivity index (χ4v) is 3.50. The average Bonchev–Trinajstić information content (AvgIpc) is 2.78. The highest BCUT2D eigenvalue weighted by atomic mass is 16.2. The van der Waals surface area contributed by atoms with E-state index >= 15 is 0 Å². The van der Waals surface area contributed by atoms with E-state index in [2.05, 4.69) is 5.32 Å². The Morgan fingerprint density at radius 3 is 2.24 bits per heavy atom. The van der Waals surface area contributed by atoms with Crippen LogP contribution >= 0.6 is 0 Å². The van der Waals surface area contributed by atoms with Gasteiger partial charge in [-0.3, -0.25) is 9.59 Å². The van der Waals surface area contributed by atoms with Crippen LogP contribution in [0.5, 0.6) is 0 Å². The first kappa shape index (κ1) is 20.5. The van der Waals surface area contributed by atoms with Gasteiger partial charge in [-0.25, -0.2) is 0 Å². The maximum absolute atomic E-state index is 12.6. The molecule has 0 bridgehead atoms. The maximum Gasteiger partial charge on any atom is 0.246 e. The van der Waals surface area contributed by atoms with Gasteiger partial charge in [0.25, 0.3) is 0 Å². The number of likely N-dealkylation sites (tertiary alicyclic amines) is 1. The lowest BCUT2D eigenvalue weighted by molar-refractivity contribution is -0.132. The van der Waals surface area contributed by atoms with Gasteiger partial charge in [-0.05, 0) is 36.5 Å². The van der Waals surface area contributed by atoms with Crippen LogP contribution in [0.4, 0.5) is 0 Å². The zero-order chi connectivity index (χ0) is 20.5. The second-order valence-corrected chi connectivity index (χ2v) is 7.28. The monoisotopic (exact) mass is 390 g/mol. The van der Waals surface area contributed by atoms with Crippen molar-refractivity contribution in [3.05, 3.63) is 77.9 Å². The fourth-order valence-electron chi connectivity index (χ4n) is 3.50. The van der Waals surface area contributed by atoms with E-state index in [1.807, 2.05) is 60.7 Å². The molecule has 2 amide bonds. The van der Waals surface area contributed by atoms with Gasteiger partial charge in [-0.1, -0.05) is 60.7 Å². The molecule has 5 heteroatoms. The number of hydrogen-bond donors (Lipinski definition) is 1. The summed E-state index contributed by atoms with van der Waals surface area (Å²) in [6, 6.07) is 18.8. The van der Waals surface area contributed by atoms with E-state index in [9.17, 15) is 14.4 Å². The van der Waals surface area contributed by atoms with E-state index in [4.69, 9.17) is 0 Å². The minimum atomic E-state index is -0.529. The molecule has 150 valence electrons. The molecule has 29 heavy (non-hydrogen) atoms. The quantitative estimate of drug-likeness (QED) is 0.584. The molecule has 0 unspecified atom stereocenters. The number of carbonyl (C=O) groups is 3. The van der Waals surface area contributed by atoms with Crippen LogP contribution in [0.15, 0.2) is 66.7 Å². The second kappa shape index (κ2) is 10.4. The normalized spacial score (nSPS) is 15.8. The Morgan fingerprint density at radius 1 is 1.00 bits per heavy atom. The van der Waals surface area contributed by atoms with Crippen LogP contribution in [-0.2, 0) is 20.8 Å². The van der Waals surface area contributed by atoms with Crippen molar-refractivity contribution in [2.75, 3.05) is 13.1 Å². The lowest BCUT2D eigenvalue weighted by atomic mass is 9.95. The van der Waals surface area contributed by atoms with Crippen LogP contribution in [0.25, 0.3) is 6.08 Å². The van der Waals surface area contributed by atoms with E-state index in [1.165, 1.54) is 0 Å². The molecule has 5 nitrogen and oxygen atoms in total. The largest absolute Gasteiger partial charge is 0.346 e. The number of rotatable bonds is 7. The minimum absolute atomic E-state index is 0.0393. The lowest BCUT2D eigenvalue weighted by Gasteiger charge is -2.31. The molecular formula is C24H26N2O3. The Hall–Kier alpha value is -3.21. The van der Waals surface area contributed by atoms with Crippen LogP contribution in [0.3, 0.4) is 0 Å². The van der Waals surface area contributed by atoms with Crippen molar-refractivity contribution in [1.29, 1.82) is 0 Å². The van der Waals surface area contributed by atoms with Crippen LogP contribution in [0.1, 0.15) is 24.0 Å². The summed E-state index contributed by atoms with van der Waals surface area (Å²) in [7, 11) is 0. The molecule has 2 aromatic carbocycles.